The Balaban J connectivity index is 1.43. The Morgan fingerprint density at radius 2 is 2.00 bits per heavy atom. The molecule has 124 valence electrons. The maximum Gasteiger partial charge on any atom is 0.407 e. The highest BCUT2D eigenvalue weighted by molar-refractivity contribution is 5.83. The zero-order chi connectivity index (χ0) is 16.2. The zero-order valence-electron chi connectivity index (χ0n) is 13.1. The van der Waals surface area contributed by atoms with Gasteiger partial charge in [0.05, 0.1) is 0 Å². The minimum atomic E-state index is -0.823. The number of piperazine rings is 1. The number of nitrogens with zero attached hydrogens (tertiary/aromatic N) is 2. The van der Waals surface area contributed by atoms with Crippen molar-refractivity contribution in [3.05, 3.63) is 35.8 Å². The van der Waals surface area contributed by atoms with E-state index in [0.717, 1.165) is 55.4 Å². The Morgan fingerprint density at radius 1 is 1.22 bits per heavy atom. The first-order valence-corrected chi connectivity index (χ1v) is 8.09. The van der Waals surface area contributed by atoms with Gasteiger partial charge in [0.1, 0.15) is 5.82 Å². The number of hydrogen-bond donors (Lipinski definition) is 2. The van der Waals surface area contributed by atoms with Gasteiger partial charge < -0.3 is 15.0 Å². The predicted octanol–water partition coefficient (Wildman–Crippen LogP) is 2.93. The fraction of sp³-hybridized carbons (Fsp3) is 0.471. The van der Waals surface area contributed by atoms with Crippen LogP contribution in [0.15, 0.2) is 24.4 Å². The standard InChI is InChI=1S/C17H22FN3O2/c18-14-4-5-16-15(11-14)13(12-19-16)3-1-2-6-20-7-9-21(10-8-20)17(22)23/h4-5,11-12,19H,1-3,6-10H2,(H,22,23). The first kappa shape index (κ1) is 15.8. The van der Waals surface area contributed by atoms with Gasteiger partial charge in [0, 0.05) is 43.3 Å². The molecule has 0 bridgehead atoms. The third kappa shape index (κ3) is 3.82. The Bertz CT molecular complexity index is 678. The van der Waals surface area contributed by atoms with Crippen LogP contribution in [-0.2, 0) is 6.42 Å². The minimum Gasteiger partial charge on any atom is -0.465 e. The second kappa shape index (κ2) is 7.00. The lowest BCUT2D eigenvalue weighted by atomic mass is 10.1. The van der Waals surface area contributed by atoms with Crippen molar-refractivity contribution in [3.63, 3.8) is 0 Å². The fourth-order valence-corrected chi connectivity index (χ4v) is 3.17. The summed E-state index contributed by atoms with van der Waals surface area (Å²) in [6.07, 6.45) is 4.18. The first-order chi connectivity index (χ1) is 11.1. The highest BCUT2D eigenvalue weighted by atomic mass is 19.1. The van der Waals surface area contributed by atoms with Crippen molar-refractivity contribution in [3.8, 4) is 0 Å². The molecule has 0 saturated carbocycles. The van der Waals surface area contributed by atoms with Crippen LogP contribution in [0.1, 0.15) is 18.4 Å². The quantitative estimate of drug-likeness (QED) is 0.833. The van der Waals surface area contributed by atoms with Crippen molar-refractivity contribution in [1.82, 2.24) is 14.8 Å². The molecule has 1 aromatic heterocycles. The summed E-state index contributed by atoms with van der Waals surface area (Å²) in [5, 5.41) is 9.90. The van der Waals surface area contributed by atoms with Crippen LogP contribution in [0.3, 0.4) is 0 Å². The monoisotopic (exact) mass is 319 g/mol. The third-order valence-corrected chi connectivity index (χ3v) is 4.54. The molecule has 1 aliphatic heterocycles. The molecular weight excluding hydrogens is 297 g/mol. The molecule has 6 heteroatoms. The second-order valence-corrected chi connectivity index (χ2v) is 6.07. The van der Waals surface area contributed by atoms with E-state index in [0.29, 0.717) is 13.1 Å². The average Bonchev–Trinajstić information content (AvgIpc) is 2.94. The minimum absolute atomic E-state index is 0.199. The van der Waals surface area contributed by atoms with Gasteiger partial charge in [0.15, 0.2) is 0 Å². The summed E-state index contributed by atoms with van der Waals surface area (Å²) in [6.45, 7) is 3.80. The van der Waals surface area contributed by atoms with E-state index in [1.165, 1.54) is 11.0 Å². The molecule has 1 fully saturated rings. The normalized spacial score (nSPS) is 16.1. The molecular formula is C17H22FN3O2. The molecule has 3 rings (SSSR count). The van der Waals surface area contributed by atoms with Gasteiger partial charge >= 0.3 is 6.09 Å². The summed E-state index contributed by atoms with van der Waals surface area (Å²) >= 11 is 0. The molecule has 0 aliphatic carbocycles. The van der Waals surface area contributed by atoms with Crippen LogP contribution in [-0.4, -0.2) is 58.7 Å². The smallest absolute Gasteiger partial charge is 0.407 e. The molecule has 2 heterocycles. The SMILES string of the molecule is O=C(O)N1CCN(CCCCc2c[nH]c3ccc(F)cc23)CC1. The molecule has 0 spiro atoms. The van der Waals surface area contributed by atoms with Gasteiger partial charge in [-0.15, -0.1) is 0 Å². The number of halogens is 1. The van der Waals surface area contributed by atoms with Gasteiger partial charge in [-0.3, -0.25) is 4.90 Å². The summed E-state index contributed by atoms with van der Waals surface area (Å²) in [6, 6.07) is 4.84. The highest BCUT2D eigenvalue weighted by Gasteiger charge is 2.19. The number of carbonyl (C=O) groups is 1. The van der Waals surface area contributed by atoms with Crippen LogP contribution in [0.2, 0.25) is 0 Å². The first-order valence-electron chi connectivity index (χ1n) is 8.09. The van der Waals surface area contributed by atoms with E-state index in [9.17, 15) is 9.18 Å². The number of rotatable bonds is 5. The molecule has 0 radical (unpaired) electrons. The average molecular weight is 319 g/mol. The van der Waals surface area contributed by atoms with Gasteiger partial charge in [-0.05, 0) is 49.6 Å². The number of carboxylic acid groups (broad SMARTS) is 1. The van der Waals surface area contributed by atoms with E-state index in [1.807, 2.05) is 6.20 Å². The van der Waals surface area contributed by atoms with E-state index >= 15 is 0 Å². The number of fused-ring (bicyclic) bond motifs is 1. The van der Waals surface area contributed by atoms with E-state index in [1.54, 1.807) is 12.1 Å². The van der Waals surface area contributed by atoms with Gasteiger partial charge in [-0.25, -0.2) is 9.18 Å². The van der Waals surface area contributed by atoms with Crippen molar-refractivity contribution in [2.75, 3.05) is 32.7 Å². The van der Waals surface area contributed by atoms with Crippen LogP contribution in [0, 0.1) is 5.82 Å². The van der Waals surface area contributed by atoms with E-state index < -0.39 is 6.09 Å². The van der Waals surface area contributed by atoms with Crippen LogP contribution in [0.5, 0.6) is 0 Å². The lowest BCUT2D eigenvalue weighted by molar-refractivity contribution is 0.105. The fourth-order valence-electron chi connectivity index (χ4n) is 3.17. The van der Waals surface area contributed by atoms with Gasteiger partial charge in [0.25, 0.3) is 0 Å². The van der Waals surface area contributed by atoms with Crippen molar-refractivity contribution in [2.45, 2.75) is 19.3 Å². The molecule has 2 N–H and O–H groups in total. The Morgan fingerprint density at radius 3 is 2.74 bits per heavy atom. The van der Waals surface area contributed by atoms with Crippen LogP contribution >= 0.6 is 0 Å². The molecule has 1 aliphatic rings. The van der Waals surface area contributed by atoms with E-state index in [2.05, 4.69) is 9.88 Å². The number of hydrogen-bond acceptors (Lipinski definition) is 2. The van der Waals surface area contributed by atoms with Crippen molar-refractivity contribution in [1.29, 1.82) is 0 Å². The number of amides is 1. The number of benzene rings is 1. The molecule has 1 saturated heterocycles. The number of aryl methyl sites for hydroxylation is 1. The van der Waals surface area contributed by atoms with Crippen molar-refractivity contribution in [2.24, 2.45) is 0 Å². The zero-order valence-corrected chi connectivity index (χ0v) is 13.1. The topological polar surface area (TPSA) is 59.6 Å². The van der Waals surface area contributed by atoms with Gasteiger partial charge in [0.2, 0.25) is 0 Å². The second-order valence-electron chi connectivity index (χ2n) is 6.07. The maximum atomic E-state index is 13.3. The number of nitrogens with one attached hydrogen (secondary N) is 1. The molecule has 1 amide bonds. The largest absolute Gasteiger partial charge is 0.465 e. The Kier molecular flexibility index (Phi) is 4.81. The van der Waals surface area contributed by atoms with Crippen LogP contribution in [0.4, 0.5) is 9.18 Å². The molecule has 5 nitrogen and oxygen atoms in total. The maximum absolute atomic E-state index is 13.3. The Hall–Kier alpha value is -2.08. The summed E-state index contributed by atoms with van der Waals surface area (Å²) in [5.41, 5.74) is 2.14. The van der Waals surface area contributed by atoms with Gasteiger partial charge in [-0.2, -0.15) is 0 Å². The van der Waals surface area contributed by atoms with Crippen molar-refractivity contribution < 1.29 is 14.3 Å². The number of aromatic nitrogens is 1. The van der Waals surface area contributed by atoms with Crippen molar-refractivity contribution >= 4 is 17.0 Å². The van der Waals surface area contributed by atoms with E-state index in [4.69, 9.17) is 5.11 Å². The summed E-state index contributed by atoms with van der Waals surface area (Å²) in [7, 11) is 0. The lowest BCUT2D eigenvalue weighted by Gasteiger charge is -2.33. The molecule has 2 aromatic rings. The lowest BCUT2D eigenvalue weighted by Crippen LogP contribution is -2.48. The van der Waals surface area contributed by atoms with E-state index in [-0.39, 0.29) is 5.82 Å². The summed E-state index contributed by atoms with van der Waals surface area (Å²) < 4.78 is 13.3. The molecule has 0 unspecified atom stereocenters. The Labute approximate surface area is 134 Å². The molecule has 0 atom stereocenters. The van der Waals surface area contributed by atoms with Crippen LogP contribution in [0.25, 0.3) is 10.9 Å². The molecule has 1 aromatic carbocycles. The molecule has 23 heavy (non-hydrogen) atoms. The highest BCUT2D eigenvalue weighted by Crippen LogP contribution is 2.21. The van der Waals surface area contributed by atoms with Gasteiger partial charge in [-0.1, -0.05) is 0 Å². The summed E-state index contributed by atoms with van der Waals surface area (Å²) in [5.74, 6) is -0.199. The number of H-pyrrole nitrogens is 1. The third-order valence-electron chi connectivity index (χ3n) is 4.54. The predicted molar refractivity (Wildman–Crippen MR) is 87.2 cm³/mol. The number of aromatic amines is 1. The van der Waals surface area contributed by atoms with Crippen LogP contribution < -0.4 is 0 Å². The summed E-state index contributed by atoms with van der Waals surface area (Å²) in [4.78, 5) is 17.8. The number of unbranched alkanes of at least 4 members (excludes halogenated alkanes) is 1.